The standard InChI is InChI=1S/2C6H12O/c2*1-2-3-4-5-6-7/h2*2,7H,1,3-6H2. The molecule has 2 heteroatoms. The lowest BCUT2D eigenvalue weighted by molar-refractivity contribution is 0.285. The largest absolute Gasteiger partial charge is 0.396 e. The molecule has 0 saturated heterocycles. The van der Waals surface area contributed by atoms with Crippen LogP contribution in [0.25, 0.3) is 0 Å². The van der Waals surface area contributed by atoms with Crippen LogP contribution in [0, 0.1) is 0 Å². The molecule has 2 nitrogen and oxygen atoms in total. The van der Waals surface area contributed by atoms with Gasteiger partial charge in [-0.2, -0.15) is 0 Å². The molecule has 0 saturated carbocycles. The van der Waals surface area contributed by atoms with Gasteiger partial charge in [0.05, 0.1) is 0 Å². The van der Waals surface area contributed by atoms with Crippen molar-refractivity contribution in [3.63, 3.8) is 0 Å². The average Bonchev–Trinajstić information content (AvgIpc) is 2.21. The number of unbranched alkanes of at least 4 members (excludes halogenated alkanes) is 4. The number of aliphatic hydroxyl groups is 2. The quantitative estimate of drug-likeness (QED) is 0.467. The van der Waals surface area contributed by atoms with Crippen molar-refractivity contribution in [2.45, 2.75) is 38.5 Å². The van der Waals surface area contributed by atoms with Gasteiger partial charge >= 0.3 is 0 Å². The molecule has 0 rings (SSSR count). The number of allylic oxidation sites excluding steroid dienone is 2. The van der Waals surface area contributed by atoms with Crippen LogP contribution in [0.15, 0.2) is 25.3 Å². The topological polar surface area (TPSA) is 40.5 Å². The molecule has 0 amide bonds. The molecule has 0 aliphatic rings. The normalized spacial score (nSPS) is 8.71. The third-order valence-electron chi connectivity index (χ3n) is 1.63. The van der Waals surface area contributed by atoms with Crippen LogP contribution in [0.2, 0.25) is 0 Å². The minimum Gasteiger partial charge on any atom is -0.396 e. The van der Waals surface area contributed by atoms with Crippen LogP contribution < -0.4 is 0 Å². The first-order valence-electron chi connectivity index (χ1n) is 5.27. The minimum absolute atomic E-state index is 0.313. The molecule has 84 valence electrons. The molecule has 0 aromatic carbocycles. The van der Waals surface area contributed by atoms with Crippen LogP contribution in [0.1, 0.15) is 38.5 Å². The Morgan fingerprint density at radius 2 is 1.07 bits per heavy atom. The summed E-state index contributed by atoms with van der Waals surface area (Å²) in [6.07, 6.45) is 9.75. The average molecular weight is 200 g/mol. The summed E-state index contributed by atoms with van der Waals surface area (Å²) in [6, 6.07) is 0. The van der Waals surface area contributed by atoms with E-state index in [4.69, 9.17) is 10.2 Å². The first-order valence-corrected chi connectivity index (χ1v) is 5.27. The summed E-state index contributed by atoms with van der Waals surface area (Å²) in [4.78, 5) is 0. The van der Waals surface area contributed by atoms with Crippen LogP contribution in [0.3, 0.4) is 0 Å². The number of hydrogen-bond acceptors (Lipinski definition) is 2. The van der Waals surface area contributed by atoms with E-state index in [9.17, 15) is 0 Å². The maximum absolute atomic E-state index is 8.26. The Morgan fingerprint density at radius 3 is 1.29 bits per heavy atom. The van der Waals surface area contributed by atoms with Gasteiger partial charge in [-0.15, -0.1) is 13.2 Å². The van der Waals surface area contributed by atoms with Gasteiger partial charge < -0.3 is 10.2 Å². The maximum Gasteiger partial charge on any atom is 0.0431 e. The van der Waals surface area contributed by atoms with Crippen LogP contribution in [0.4, 0.5) is 0 Å². The second kappa shape index (κ2) is 18.2. The molecular formula is C12H24O2. The fraction of sp³-hybridized carbons (Fsp3) is 0.667. The van der Waals surface area contributed by atoms with Gasteiger partial charge in [0.15, 0.2) is 0 Å². The summed E-state index contributed by atoms with van der Waals surface area (Å²) in [5.74, 6) is 0. The van der Waals surface area contributed by atoms with E-state index in [1.165, 1.54) is 0 Å². The molecule has 2 N–H and O–H groups in total. The van der Waals surface area contributed by atoms with Crippen molar-refractivity contribution in [2.24, 2.45) is 0 Å². The van der Waals surface area contributed by atoms with E-state index in [-0.39, 0.29) is 0 Å². The number of aliphatic hydroxyl groups excluding tert-OH is 2. The molecule has 0 aromatic heterocycles. The molecular weight excluding hydrogens is 176 g/mol. The van der Waals surface area contributed by atoms with Crippen molar-refractivity contribution in [1.82, 2.24) is 0 Å². The predicted octanol–water partition coefficient (Wildman–Crippen LogP) is 2.67. The van der Waals surface area contributed by atoms with Crippen molar-refractivity contribution in [3.05, 3.63) is 25.3 Å². The summed E-state index contributed by atoms with van der Waals surface area (Å²) in [5.41, 5.74) is 0. The Kier molecular flexibility index (Phi) is 20.7. The highest BCUT2D eigenvalue weighted by molar-refractivity contribution is 4.65. The van der Waals surface area contributed by atoms with Crippen LogP contribution in [-0.4, -0.2) is 23.4 Å². The van der Waals surface area contributed by atoms with Gasteiger partial charge in [0.1, 0.15) is 0 Å². The lowest BCUT2D eigenvalue weighted by Crippen LogP contribution is -1.79. The van der Waals surface area contributed by atoms with Crippen molar-refractivity contribution in [3.8, 4) is 0 Å². The SMILES string of the molecule is C=CCCCCO.C=CCCCCO. The molecule has 0 heterocycles. The van der Waals surface area contributed by atoms with Gasteiger partial charge in [-0.3, -0.25) is 0 Å². The Labute approximate surface area is 88.0 Å². The fourth-order valence-corrected chi connectivity index (χ4v) is 0.801. The van der Waals surface area contributed by atoms with Gasteiger partial charge in [0, 0.05) is 13.2 Å². The second-order valence-electron chi connectivity index (χ2n) is 3.02. The molecule has 0 radical (unpaired) electrons. The number of hydrogen-bond donors (Lipinski definition) is 2. The minimum atomic E-state index is 0.313. The van der Waals surface area contributed by atoms with E-state index in [1.807, 2.05) is 12.2 Å². The molecule has 0 bridgehead atoms. The summed E-state index contributed by atoms with van der Waals surface area (Å²) in [7, 11) is 0. The predicted molar refractivity (Wildman–Crippen MR) is 62.3 cm³/mol. The van der Waals surface area contributed by atoms with Crippen LogP contribution >= 0.6 is 0 Å². The van der Waals surface area contributed by atoms with Crippen molar-refractivity contribution < 1.29 is 10.2 Å². The van der Waals surface area contributed by atoms with E-state index in [0.29, 0.717) is 13.2 Å². The molecule has 0 aliphatic heterocycles. The summed E-state index contributed by atoms with van der Waals surface area (Å²) in [6.45, 7) is 7.73. The molecule has 0 unspecified atom stereocenters. The number of rotatable bonds is 8. The van der Waals surface area contributed by atoms with Crippen LogP contribution in [-0.2, 0) is 0 Å². The molecule has 0 aromatic rings. The van der Waals surface area contributed by atoms with Gasteiger partial charge in [0.2, 0.25) is 0 Å². The monoisotopic (exact) mass is 200 g/mol. The summed E-state index contributed by atoms with van der Waals surface area (Å²) < 4.78 is 0. The van der Waals surface area contributed by atoms with Gasteiger partial charge in [-0.1, -0.05) is 12.2 Å². The fourth-order valence-electron chi connectivity index (χ4n) is 0.801. The zero-order valence-corrected chi connectivity index (χ0v) is 9.12. The molecule has 0 spiro atoms. The molecule has 0 fully saturated rings. The highest BCUT2D eigenvalue weighted by Gasteiger charge is 1.78. The van der Waals surface area contributed by atoms with E-state index in [2.05, 4.69) is 13.2 Å². The van der Waals surface area contributed by atoms with Gasteiger partial charge in [-0.05, 0) is 38.5 Å². The van der Waals surface area contributed by atoms with Gasteiger partial charge in [0.25, 0.3) is 0 Å². The maximum atomic E-state index is 8.26. The first kappa shape index (κ1) is 15.9. The lowest BCUT2D eigenvalue weighted by atomic mass is 10.2. The van der Waals surface area contributed by atoms with Crippen molar-refractivity contribution in [2.75, 3.05) is 13.2 Å². The van der Waals surface area contributed by atoms with Gasteiger partial charge in [-0.25, -0.2) is 0 Å². The zero-order valence-electron chi connectivity index (χ0n) is 9.12. The Hall–Kier alpha value is -0.600. The third kappa shape index (κ3) is 22.5. The highest BCUT2D eigenvalue weighted by atomic mass is 16.3. The summed E-state index contributed by atoms with van der Waals surface area (Å²) >= 11 is 0. The van der Waals surface area contributed by atoms with E-state index in [0.717, 1.165) is 38.5 Å². The first-order chi connectivity index (χ1) is 6.83. The lowest BCUT2D eigenvalue weighted by Gasteiger charge is -1.87. The van der Waals surface area contributed by atoms with E-state index in [1.54, 1.807) is 0 Å². The molecule has 0 aliphatic carbocycles. The molecule has 14 heavy (non-hydrogen) atoms. The second-order valence-corrected chi connectivity index (χ2v) is 3.02. The Morgan fingerprint density at radius 1 is 0.714 bits per heavy atom. The summed E-state index contributed by atoms with van der Waals surface area (Å²) in [5, 5.41) is 16.5. The highest BCUT2D eigenvalue weighted by Crippen LogP contribution is 1.92. The van der Waals surface area contributed by atoms with Crippen LogP contribution in [0.5, 0.6) is 0 Å². The van der Waals surface area contributed by atoms with Crippen molar-refractivity contribution in [1.29, 1.82) is 0 Å². The Bertz CT molecular complexity index is 96.9. The zero-order chi connectivity index (χ0) is 11.1. The third-order valence-corrected chi connectivity index (χ3v) is 1.63. The molecule has 0 atom stereocenters. The Balaban J connectivity index is 0. The van der Waals surface area contributed by atoms with E-state index < -0.39 is 0 Å². The van der Waals surface area contributed by atoms with E-state index >= 15 is 0 Å². The smallest absolute Gasteiger partial charge is 0.0431 e. The van der Waals surface area contributed by atoms with Crippen molar-refractivity contribution >= 4 is 0 Å².